The van der Waals surface area contributed by atoms with E-state index in [1.807, 2.05) is 4.90 Å². The quantitative estimate of drug-likeness (QED) is 0.186. The summed E-state index contributed by atoms with van der Waals surface area (Å²) in [5, 5.41) is 24.1. The minimum Gasteiger partial charge on any atom is -0.497 e. The molecule has 3 N–H and O–H groups in total. The van der Waals surface area contributed by atoms with E-state index in [0.717, 1.165) is 6.42 Å². The van der Waals surface area contributed by atoms with Crippen molar-refractivity contribution in [2.24, 2.45) is 0 Å². The molecule has 1 fully saturated rings. The van der Waals surface area contributed by atoms with Gasteiger partial charge in [0.2, 0.25) is 5.91 Å². The standard InChI is InChI=1S/C31H43FN2O6/c1-39-26-13-9-23(10-14-26)29(36)7-3-2-4-8-30(37)33-28(22-34-19-17-25(35)21-34)31(38)24-11-15-27(16-12-24)40-20-6-5-18-32/h9-16,25,28,31,35,38H,2-8,17-22H2,1H3,(H,33,37)/t25-,28-,31-/m1/s1. The molecule has 3 rings (SSSR count). The van der Waals surface area contributed by atoms with Gasteiger partial charge in [-0.1, -0.05) is 18.6 Å². The first-order chi connectivity index (χ1) is 19.4. The second-order valence-corrected chi connectivity index (χ2v) is 10.3. The number of rotatable bonds is 18. The number of nitrogens with zero attached hydrogens (tertiary/aromatic N) is 1. The molecule has 220 valence electrons. The van der Waals surface area contributed by atoms with Crippen LogP contribution in [0.2, 0.25) is 0 Å². The summed E-state index contributed by atoms with van der Waals surface area (Å²) in [4.78, 5) is 27.3. The number of ether oxygens (including phenoxy) is 2. The lowest BCUT2D eigenvalue weighted by atomic mass is 10.0. The molecule has 0 radical (unpaired) electrons. The van der Waals surface area contributed by atoms with Gasteiger partial charge in [0.1, 0.15) is 17.6 Å². The number of ketones is 1. The summed E-state index contributed by atoms with van der Waals surface area (Å²) in [6, 6.07) is 13.6. The Morgan fingerprint density at radius 3 is 2.35 bits per heavy atom. The van der Waals surface area contributed by atoms with Crippen molar-refractivity contribution < 1.29 is 33.7 Å². The maximum atomic E-state index is 12.8. The first kappa shape index (κ1) is 31.5. The molecule has 0 unspecified atom stereocenters. The van der Waals surface area contributed by atoms with Crippen molar-refractivity contribution in [3.63, 3.8) is 0 Å². The van der Waals surface area contributed by atoms with E-state index in [4.69, 9.17) is 9.47 Å². The van der Waals surface area contributed by atoms with E-state index in [9.17, 15) is 24.2 Å². The molecule has 2 aromatic rings. The first-order valence-corrected chi connectivity index (χ1v) is 14.2. The fourth-order valence-corrected chi connectivity index (χ4v) is 4.81. The number of nitrogens with one attached hydrogen (secondary N) is 1. The van der Waals surface area contributed by atoms with Gasteiger partial charge in [0.15, 0.2) is 5.78 Å². The van der Waals surface area contributed by atoms with Crippen molar-refractivity contribution in [3.8, 4) is 11.5 Å². The number of amides is 1. The number of β-amino-alcohol motifs (C(OH)–C–C–N with tert-alkyl or cyclic N) is 1. The largest absolute Gasteiger partial charge is 0.497 e. The summed E-state index contributed by atoms with van der Waals surface area (Å²) in [5.41, 5.74) is 1.30. The molecule has 1 aliphatic rings. The van der Waals surface area contributed by atoms with Crippen LogP contribution in [0.25, 0.3) is 0 Å². The fourth-order valence-electron chi connectivity index (χ4n) is 4.81. The number of alkyl halides is 1. The minimum atomic E-state index is -0.940. The molecular formula is C31H43FN2O6. The smallest absolute Gasteiger partial charge is 0.220 e. The number of halogens is 1. The molecule has 0 spiro atoms. The summed E-state index contributed by atoms with van der Waals surface area (Å²) in [7, 11) is 1.58. The molecule has 0 aliphatic carbocycles. The van der Waals surface area contributed by atoms with Gasteiger partial charge in [-0.2, -0.15) is 0 Å². The monoisotopic (exact) mass is 558 g/mol. The number of methoxy groups -OCH3 is 1. The Morgan fingerprint density at radius 2 is 1.70 bits per heavy atom. The van der Waals surface area contributed by atoms with Crippen LogP contribution in [0, 0.1) is 0 Å². The van der Waals surface area contributed by atoms with Crippen LogP contribution in [0.15, 0.2) is 48.5 Å². The number of benzene rings is 2. The Kier molecular flexibility index (Phi) is 13.4. The molecule has 0 bridgehead atoms. The first-order valence-electron chi connectivity index (χ1n) is 14.2. The van der Waals surface area contributed by atoms with E-state index in [1.165, 1.54) is 0 Å². The zero-order chi connectivity index (χ0) is 28.7. The van der Waals surface area contributed by atoms with Gasteiger partial charge in [-0.25, -0.2) is 0 Å². The van der Waals surface area contributed by atoms with Crippen molar-refractivity contribution in [2.45, 2.75) is 69.6 Å². The molecule has 1 heterocycles. The number of hydrogen-bond acceptors (Lipinski definition) is 7. The van der Waals surface area contributed by atoms with E-state index in [1.54, 1.807) is 55.6 Å². The van der Waals surface area contributed by atoms with Gasteiger partial charge in [-0.3, -0.25) is 18.9 Å². The van der Waals surface area contributed by atoms with Gasteiger partial charge in [-0.05, 0) is 74.1 Å². The zero-order valence-corrected chi connectivity index (χ0v) is 23.4. The number of Topliss-reactive ketones (excluding diaryl/α,β-unsaturated/α-hetero) is 1. The SMILES string of the molecule is COc1ccc(C(=O)CCCCCC(=O)N[C@H](CN2CC[C@@H](O)C2)[C@H](O)c2ccc(OCCCCF)cc2)cc1. The molecule has 8 nitrogen and oxygen atoms in total. The van der Waals surface area contributed by atoms with Crippen LogP contribution in [0.4, 0.5) is 4.39 Å². The van der Waals surface area contributed by atoms with Crippen LogP contribution in [0.3, 0.4) is 0 Å². The van der Waals surface area contributed by atoms with E-state index < -0.39 is 18.2 Å². The Hall–Kier alpha value is -3.01. The normalized spacial score (nSPS) is 16.9. The fraction of sp³-hybridized carbons (Fsp3) is 0.548. The van der Waals surface area contributed by atoms with Crippen molar-refractivity contribution in [1.29, 1.82) is 0 Å². The molecule has 40 heavy (non-hydrogen) atoms. The summed E-state index contributed by atoms with van der Waals surface area (Å²) in [5.74, 6) is 1.26. The molecule has 0 aromatic heterocycles. The van der Waals surface area contributed by atoms with Crippen LogP contribution in [-0.2, 0) is 4.79 Å². The van der Waals surface area contributed by atoms with Gasteiger partial charge in [-0.15, -0.1) is 0 Å². The predicted molar refractivity (Wildman–Crippen MR) is 152 cm³/mol. The third-order valence-corrected chi connectivity index (χ3v) is 7.17. The lowest BCUT2D eigenvalue weighted by Crippen LogP contribution is -2.47. The minimum absolute atomic E-state index is 0.0688. The number of aliphatic hydroxyl groups excluding tert-OH is 2. The Balaban J connectivity index is 1.47. The molecule has 1 saturated heterocycles. The lowest BCUT2D eigenvalue weighted by Gasteiger charge is -2.29. The van der Waals surface area contributed by atoms with Gasteiger partial charge in [0.25, 0.3) is 0 Å². The van der Waals surface area contributed by atoms with Gasteiger partial charge >= 0.3 is 0 Å². The van der Waals surface area contributed by atoms with Crippen LogP contribution >= 0.6 is 0 Å². The zero-order valence-electron chi connectivity index (χ0n) is 23.4. The molecule has 0 saturated carbocycles. The van der Waals surface area contributed by atoms with Crippen molar-refractivity contribution in [3.05, 3.63) is 59.7 Å². The average Bonchev–Trinajstić information content (AvgIpc) is 3.39. The summed E-state index contributed by atoms with van der Waals surface area (Å²) < 4.78 is 23.0. The second-order valence-electron chi connectivity index (χ2n) is 10.3. The van der Waals surface area contributed by atoms with Crippen molar-refractivity contribution >= 4 is 11.7 Å². The molecule has 9 heteroatoms. The number of hydrogen-bond donors (Lipinski definition) is 3. The molecule has 2 aromatic carbocycles. The summed E-state index contributed by atoms with van der Waals surface area (Å²) >= 11 is 0. The van der Waals surface area contributed by atoms with Crippen LogP contribution < -0.4 is 14.8 Å². The number of carbonyl (C=O) groups excluding carboxylic acids is 2. The Bertz CT molecular complexity index is 1030. The number of unbranched alkanes of at least 4 members (excludes halogenated alkanes) is 3. The molecule has 3 atom stereocenters. The summed E-state index contributed by atoms with van der Waals surface area (Å²) in [6.07, 6.45) is 3.22. The van der Waals surface area contributed by atoms with Crippen molar-refractivity contribution in [1.82, 2.24) is 10.2 Å². The van der Waals surface area contributed by atoms with Crippen LogP contribution in [-0.4, -0.2) is 79.0 Å². The molecule has 1 amide bonds. The van der Waals surface area contributed by atoms with E-state index >= 15 is 0 Å². The van der Waals surface area contributed by atoms with Gasteiger partial charge in [0.05, 0.1) is 32.5 Å². The highest BCUT2D eigenvalue weighted by Crippen LogP contribution is 2.23. The second kappa shape index (κ2) is 16.9. The highest BCUT2D eigenvalue weighted by atomic mass is 19.1. The third-order valence-electron chi connectivity index (χ3n) is 7.17. The summed E-state index contributed by atoms with van der Waals surface area (Å²) in [6.45, 7) is 1.69. The highest BCUT2D eigenvalue weighted by Gasteiger charge is 2.29. The topological polar surface area (TPSA) is 108 Å². The van der Waals surface area contributed by atoms with E-state index in [-0.39, 0.29) is 18.4 Å². The Morgan fingerprint density at radius 1 is 1.00 bits per heavy atom. The third kappa shape index (κ3) is 10.5. The highest BCUT2D eigenvalue weighted by molar-refractivity contribution is 5.96. The lowest BCUT2D eigenvalue weighted by molar-refractivity contribution is -0.123. The van der Waals surface area contributed by atoms with Gasteiger partial charge < -0.3 is 25.0 Å². The predicted octanol–water partition coefficient (Wildman–Crippen LogP) is 4.24. The van der Waals surface area contributed by atoms with Crippen molar-refractivity contribution in [2.75, 3.05) is 40.0 Å². The number of aliphatic hydroxyl groups is 2. The van der Waals surface area contributed by atoms with Crippen LogP contribution in [0.5, 0.6) is 11.5 Å². The molecule has 1 aliphatic heterocycles. The van der Waals surface area contributed by atoms with E-state index in [0.29, 0.717) is 93.8 Å². The van der Waals surface area contributed by atoms with Gasteiger partial charge in [0, 0.05) is 38.0 Å². The maximum Gasteiger partial charge on any atom is 0.220 e. The maximum absolute atomic E-state index is 12.8. The molecular weight excluding hydrogens is 515 g/mol. The number of likely N-dealkylation sites (tertiary alicyclic amines) is 1. The Labute approximate surface area is 236 Å². The van der Waals surface area contributed by atoms with E-state index in [2.05, 4.69) is 5.32 Å². The number of carbonyl (C=O) groups is 2. The average molecular weight is 559 g/mol. The van der Waals surface area contributed by atoms with Crippen LogP contribution in [0.1, 0.15) is 73.4 Å².